The first-order valence-corrected chi connectivity index (χ1v) is 10.9. The minimum atomic E-state index is -4.45. The zero-order valence-corrected chi connectivity index (χ0v) is 18.1. The van der Waals surface area contributed by atoms with Gasteiger partial charge in [0.15, 0.2) is 0 Å². The number of hydrogen-bond acceptors (Lipinski definition) is 4. The summed E-state index contributed by atoms with van der Waals surface area (Å²) in [6, 6.07) is 18.2. The van der Waals surface area contributed by atoms with Gasteiger partial charge in [0.25, 0.3) is 0 Å². The van der Waals surface area contributed by atoms with Crippen LogP contribution in [0, 0.1) is 11.8 Å². The zero-order valence-electron chi connectivity index (χ0n) is 17.3. The molecule has 1 aliphatic rings. The number of hydrogen-bond donors (Lipinski definition) is 2. The van der Waals surface area contributed by atoms with Gasteiger partial charge in [0.05, 0.1) is 5.56 Å². The first-order chi connectivity index (χ1) is 15.4. The summed E-state index contributed by atoms with van der Waals surface area (Å²) in [5.74, 6) is 1.07. The molecule has 4 rings (SSSR count). The Kier molecular flexibility index (Phi) is 6.96. The van der Waals surface area contributed by atoms with E-state index < -0.39 is 11.7 Å². The van der Waals surface area contributed by atoms with Crippen molar-refractivity contribution in [3.8, 4) is 0 Å². The van der Waals surface area contributed by atoms with Crippen LogP contribution in [-0.4, -0.2) is 29.6 Å². The number of alkyl halides is 3. The molecular formula is C24H24ClF3N4. The Hall–Kier alpha value is -2.64. The Morgan fingerprint density at radius 3 is 2.34 bits per heavy atom. The van der Waals surface area contributed by atoms with Crippen LogP contribution in [0.3, 0.4) is 0 Å². The Bertz CT molecular complexity index is 995. The molecule has 1 aliphatic heterocycles. The molecule has 32 heavy (non-hydrogen) atoms. The Morgan fingerprint density at radius 1 is 1.00 bits per heavy atom. The van der Waals surface area contributed by atoms with Gasteiger partial charge in [-0.05, 0) is 48.1 Å². The highest BCUT2D eigenvalue weighted by molar-refractivity contribution is 6.30. The third-order valence-corrected chi connectivity index (χ3v) is 6.26. The number of nitrogens with one attached hydrogen (secondary N) is 2. The number of halogens is 4. The number of nitrogens with zero attached hydrogens (tertiary/aromatic N) is 2. The fraction of sp³-hybridized carbons (Fsp3) is 0.333. The molecule has 1 aromatic heterocycles. The highest BCUT2D eigenvalue weighted by Gasteiger charge is 2.35. The van der Waals surface area contributed by atoms with Crippen molar-refractivity contribution in [1.82, 2.24) is 15.3 Å². The largest absolute Gasteiger partial charge is 0.419 e. The predicted octanol–water partition coefficient (Wildman–Crippen LogP) is 5.42. The van der Waals surface area contributed by atoms with Crippen molar-refractivity contribution in [2.24, 2.45) is 11.8 Å². The second-order valence-corrected chi connectivity index (χ2v) is 8.54. The van der Waals surface area contributed by atoms with Gasteiger partial charge in [0.2, 0.25) is 5.95 Å². The lowest BCUT2D eigenvalue weighted by Gasteiger charge is -2.29. The summed E-state index contributed by atoms with van der Waals surface area (Å²) in [6.07, 6.45) is -1.98. The van der Waals surface area contributed by atoms with Gasteiger partial charge >= 0.3 is 6.18 Å². The van der Waals surface area contributed by atoms with Gasteiger partial charge in [0.1, 0.15) is 0 Å². The molecule has 2 aromatic carbocycles. The van der Waals surface area contributed by atoms with Crippen LogP contribution in [0.5, 0.6) is 0 Å². The quantitative estimate of drug-likeness (QED) is 0.494. The third-order valence-electron chi connectivity index (χ3n) is 6.01. The lowest BCUT2D eigenvalue weighted by atomic mass is 9.77. The fourth-order valence-corrected chi connectivity index (χ4v) is 4.48. The topological polar surface area (TPSA) is 49.8 Å². The molecule has 0 spiro atoms. The van der Waals surface area contributed by atoms with Crippen molar-refractivity contribution in [3.63, 3.8) is 0 Å². The highest BCUT2D eigenvalue weighted by atomic mass is 35.5. The van der Waals surface area contributed by atoms with Crippen LogP contribution in [0.1, 0.15) is 22.6 Å². The van der Waals surface area contributed by atoms with E-state index >= 15 is 0 Å². The van der Waals surface area contributed by atoms with E-state index in [9.17, 15) is 13.2 Å². The number of rotatable bonds is 7. The second kappa shape index (κ2) is 9.88. The zero-order chi connectivity index (χ0) is 22.6. The van der Waals surface area contributed by atoms with E-state index in [2.05, 4.69) is 44.9 Å². The first kappa shape index (κ1) is 22.6. The minimum absolute atomic E-state index is 0.199. The van der Waals surface area contributed by atoms with Crippen molar-refractivity contribution < 1.29 is 13.2 Å². The van der Waals surface area contributed by atoms with Crippen molar-refractivity contribution in [2.75, 3.05) is 25.0 Å². The maximum atomic E-state index is 12.8. The highest BCUT2D eigenvalue weighted by Crippen LogP contribution is 2.36. The summed E-state index contributed by atoms with van der Waals surface area (Å²) < 4.78 is 38.4. The summed E-state index contributed by atoms with van der Waals surface area (Å²) in [7, 11) is 0. The van der Waals surface area contributed by atoms with Gasteiger partial charge < -0.3 is 10.6 Å². The molecule has 4 nitrogen and oxygen atoms in total. The SMILES string of the molecule is FC(F)(F)c1cnc(NCC(Cc2ccccc2)C2CNCC2c2ccc(Cl)cc2)nc1. The van der Waals surface area contributed by atoms with Crippen LogP contribution >= 0.6 is 11.6 Å². The predicted molar refractivity (Wildman–Crippen MR) is 120 cm³/mol. The van der Waals surface area contributed by atoms with Gasteiger partial charge in [-0.2, -0.15) is 13.2 Å². The molecule has 1 saturated heterocycles. The maximum absolute atomic E-state index is 12.8. The summed E-state index contributed by atoms with van der Waals surface area (Å²) in [6.45, 7) is 2.28. The van der Waals surface area contributed by atoms with Crippen LogP contribution in [0.25, 0.3) is 0 Å². The van der Waals surface area contributed by atoms with E-state index in [0.717, 1.165) is 31.9 Å². The smallest absolute Gasteiger partial charge is 0.354 e. The molecule has 0 radical (unpaired) electrons. The van der Waals surface area contributed by atoms with Gasteiger partial charge in [0, 0.05) is 36.4 Å². The van der Waals surface area contributed by atoms with Crippen LogP contribution < -0.4 is 10.6 Å². The Morgan fingerprint density at radius 2 is 1.69 bits per heavy atom. The molecule has 2 N–H and O–H groups in total. The van der Waals surface area contributed by atoms with E-state index in [0.29, 0.717) is 23.4 Å². The van der Waals surface area contributed by atoms with E-state index in [1.807, 2.05) is 30.3 Å². The van der Waals surface area contributed by atoms with Crippen molar-refractivity contribution in [1.29, 1.82) is 0 Å². The summed E-state index contributed by atoms with van der Waals surface area (Å²) in [5.41, 5.74) is 1.59. The third kappa shape index (κ3) is 5.58. The average Bonchev–Trinajstić information content (AvgIpc) is 3.27. The lowest BCUT2D eigenvalue weighted by molar-refractivity contribution is -0.138. The molecule has 2 heterocycles. The summed E-state index contributed by atoms with van der Waals surface area (Å²) >= 11 is 6.07. The van der Waals surface area contributed by atoms with E-state index in [1.54, 1.807) is 0 Å². The van der Waals surface area contributed by atoms with Crippen LogP contribution in [-0.2, 0) is 12.6 Å². The van der Waals surface area contributed by atoms with Crippen molar-refractivity contribution in [2.45, 2.75) is 18.5 Å². The Labute approximate surface area is 190 Å². The molecule has 0 aliphatic carbocycles. The molecule has 3 atom stereocenters. The standard InChI is InChI=1S/C24H24ClF3N4/c25-20-8-6-17(7-9-20)21-14-29-15-22(21)18(10-16-4-2-1-3-5-16)11-30-23-31-12-19(13-32-23)24(26,27)28/h1-9,12-13,18,21-22,29H,10-11,14-15H2,(H,30,31,32). The second-order valence-electron chi connectivity index (χ2n) is 8.10. The maximum Gasteiger partial charge on any atom is 0.419 e. The molecule has 8 heteroatoms. The summed E-state index contributed by atoms with van der Waals surface area (Å²) in [4.78, 5) is 7.73. The first-order valence-electron chi connectivity index (χ1n) is 10.5. The van der Waals surface area contributed by atoms with Gasteiger partial charge in [-0.25, -0.2) is 9.97 Å². The van der Waals surface area contributed by atoms with Crippen molar-refractivity contribution >= 4 is 17.5 Å². The van der Waals surface area contributed by atoms with Gasteiger partial charge in [-0.1, -0.05) is 54.1 Å². The van der Waals surface area contributed by atoms with E-state index in [1.165, 1.54) is 11.1 Å². The lowest BCUT2D eigenvalue weighted by Crippen LogP contribution is -2.30. The molecular weight excluding hydrogens is 437 g/mol. The molecule has 1 fully saturated rings. The molecule has 0 bridgehead atoms. The molecule has 0 amide bonds. The van der Waals surface area contributed by atoms with E-state index in [-0.39, 0.29) is 11.9 Å². The number of anilines is 1. The average molecular weight is 461 g/mol. The molecule has 168 valence electrons. The van der Waals surface area contributed by atoms with Crippen LogP contribution in [0.15, 0.2) is 67.0 Å². The van der Waals surface area contributed by atoms with Crippen LogP contribution in [0.2, 0.25) is 5.02 Å². The fourth-order valence-electron chi connectivity index (χ4n) is 4.35. The van der Waals surface area contributed by atoms with Gasteiger partial charge in [-0.15, -0.1) is 0 Å². The molecule has 3 aromatic rings. The summed E-state index contributed by atoms with van der Waals surface area (Å²) in [5, 5.41) is 7.38. The molecule has 3 unspecified atom stereocenters. The van der Waals surface area contributed by atoms with Crippen LogP contribution in [0.4, 0.5) is 19.1 Å². The minimum Gasteiger partial charge on any atom is -0.354 e. The molecule has 0 saturated carbocycles. The number of aromatic nitrogens is 2. The normalized spacial score (nSPS) is 19.6. The van der Waals surface area contributed by atoms with Crippen molar-refractivity contribution in [3.05, 3.63) is 88.7 Å². The number of benzene rings is 2. The monoisotopic (exact) mass is 460 g/mol. The van der Waals surface area contributed by atoms with Gasteiger partial charge in [-0.3, -0.25) is 0 Å². The van der Waals surface area contributed by atoms with E-state index in [4.69, 9.17) is 11.6 Å². The Balaban J connectivity index is 1.52.